The molecule has 0 fully saturated rings. The molecule has 4 rings (SSSR count). The van der Waals surface area contributed by atoms with E-state index in [2.05, 4.69) is 33.2 Å². The lowest BCUT2D eigenvalue weighted by Crippen LogP contribution is -2.13. The Kier molecular flexibility index (Phi) is 3.44. The summed E-state index contributed by atoms with van der Waals surface area (Å²) in [4.78, 5) is 14.0. The van der Waals surface area contributed by atoms with E-state index in [1.54, 1.807) is 25.2 Å². The molecule has 7 heteroatoms. The molecule has 2 aromatic heterocycles. The van der Waals surface area contributed by atoms with Crippen molar-refractivity contribution in [2.24, 2.45) is 0 Å². The van der Waals surface area contributed by atoms with E-state index < -0.39 is 0 Å². The lowest BCUT2D eigenvalue weighted by Gasteiger charge is -2.16. The molecular formula is C15H14N4O2S. The molecule has 0 saturated carbocycles. The van der Waals surface area contributed by atoms with Gasteiger partial charge >= 0.3 is 0 Å². The Hall–Kier alpha value is -2.12. The lowest BCUT2D eigenvalue weighted by molar-refractivity contribution is 0.0107. The highest BCUT2D eigenvalue weighted by atomic mass is 32.2. The summed E-state index contributed by atoms with van der Waals surface area (Å²) in [7, 11) is 1.58. The molecule has 112 valence electrons. The Morgan fingerprint density at radius 3 is 3.09 bits per heavy atom. The largest absolute Gasteiger partial charge is 0.479 e. The number of ether oxygens (including phenoxy) is 2. The number of imidazole rings is 1. The Morgan fingerprint density at radius 2 is 2.18 bits per heavy atom. The lowest BCUT2D eigenvalue weighted by atomic mass is 10.2. The van der Waals surface area contributed by atoms with Gasteiger partial charge in [-0.05, 0) is 11.6 Å². The first kappa shape index (κ1) is 13.5. The zero-order chi connectivity index (χ0) is 14.9. The Labute approximate surface area is 131 Å². The van der Waals surface area contributed by atoms with Crippen molar-refractivity contribution in [2.75, 3.05) is 12.9 Å². The number of methoxy groups -OCH3 is 1. The van der Waals surface area contributed by atoms with Gasteiger partial charge in [0.05, 0.1) is 20.0 Å². The predicted molar refractivity (Wildman–Crippen MR) is 82.9 cm³/mol. The monoisotopic (exact) mass is 314 g/mol. The smallest absolute Gasteiger partial charge is 0.245 e. The van der Waals surface area contributed by atoms with Gasteiger partial charge in [0.25, 0.3) is 0 Å². The quantitative estimate of drug-likeness (QED) is 0.724. The van der Waals surface area contributed by atoms with Gasteiger partial charge in [0.1, 0.15) is 12.6 Å². The van der Waals surface area contributed by atoms with Gasteiger partial charge < -0.3 is 9.47 Å². The SMILES string of the molecule is COc1ncnc2c1ncn2C1CSc2ccccc2CO1. The third-order valence-electron chi connectivity index (χ3n) is 3.61. The van der Waals surface area contributed by atoms with E-state index in [1.807, 2.05) is 10.6 Å². The molecule has 3 aromatic rings. The van der Waals surface area contributed by atoms with Crippen molar-refractivity contribution in [1.29, 1.82) is 0 Å². The Bertz CT molecular complexity index is 793. The summed E-state index contributed by atoms with van der Waals surface area (Å²) in [6.45, 7) is 0.579. The molecule has 1 aromatic carbocycles. The zero-order valence-electron chi connectivity index (χ0n) is 12.0. The second-order valence-corrected chi connectivity index (χ2v) is 5.95. The van der Waals surface area contributed by atoms with Gasteiger partial charge in [0, 0.05) is 10.6 Å². The van der Waals surface area contributed by atoms with Crippen LogP contribution in [0.2, 0.25) is 0 Å². The molecule has 1 aliphatic heterocycles. The van der Waals surface area contributed by atoms with Crippen molar-refractivity contribution in [2.45, 2.75) is 17.7 Å². The fourth-order valence-electron chi connectivity index (χ4n) is 2.51. The number of rotatable bonds is 2. The number of hydrogen-bond acceptors (Lipinski definition) is 6. The van der Waals surface area contributed by atoms with E-state index >= 15 is 0 Å². The van der Waals surface area contributed by atoms with Crippen LogP contribution in [0, 0.1) is 0 Å². The maximum absolute atomic E-state index is 6.06. The summed E-state index contributed by atoms with van der Waals surface area (Å²) in [6, 6.07) is 8.32. The number of aromatic nitrogens is 4. The maximum Gasteiger partial charge on any atom is 0.245 e. The molecule has 3 heterocycles. The van der Waals surface area contributed by atoms with Crippen LogP contribution in [0.5, 0.6) is 5.88 Å². The van der Waals surface area contributed by atoms with E-state index in [4.69, 9.17) is 9.47 Å². The molecule has 0 radical (unpaired) electrons. The molecule has 0 N–H and O–H groups in total. The molecule has 0 saturated heterocycles. The minimum absolute atomic E-state index is 0.123. The Balaban J connectivity index is 1.69. The molecule has 22 heavy (non-hydrogen) atoms. The second kappa shape index (κ2) is 5.58. The highest BCUT2D eigenvalue weighted by molar-refractivity contribution is 7.99. The average Bonchev–Trinajstić information content (AvgIpc) is 2.88. The number of fused-ring (bicyclic) bond motifs is 2. The summed E-state index contributed by atoms with van der Waals surface area (Å²) in [6.07, 6.45) is 3.10. The summed E-state index contributed by atoms with van der Waals surface area (Å²) in [5.74, 6) is 1.28. The van der Waals surface area contributed by atoms with Gasteiger partial charge in [-0.2, -0.15) is 4.98 Å². The van der Waals surface area contributed by atoms with Gasteiger partial charge in [0.2, 0.25) is 5.88 Å². The van der Waals surface area contributed by atoms with Crippen LogP contribution in [0.4, 0.5) is 0 Å². The van der Waals surface area contributed by atoms with E-state index in [0.29, 0.717) is 18.0 Å². The third kappa shape index (κ3) is 2.22. The van der Waals surface area contributed by atoms with Crippen molar-refractivity contribution in [1.82, 2.24) is 19.5 Å². The summed E-state index contributed by atoms with van der Waals surface area (Å²) in [5, 5.41) is 0. The van der Waals surface area contributed by atoms with Crippen molar-refractivity contribution in [3.05, 3.63) is 42.5 Å². The first-order chi connectivity index (χ1) is 10.9. The number of nitrogens with zero attached hydrogens (tertiary/aromatic N) is 4. The minimum atomic E-state index is -0.123. The number of hydrogen-bond donors (Lipinski definition) is 0. The van der Waals surface area contributed by atoms with Crippen molar-refractivity contribution >= 4 is 22.9 Å². The third-order valence-corrected chi connectivity index (χ3v) is 4.78. The van der Waals surface area contributed by atoms with E-state index in [1.165, 1.54) is 16.8 Å². The highest BCUT2D eigenvalue weighted by Gasteiger charge is 2.21. The number of thioether (sulfide) groups is 1. The summed E-state index contributed by atoms with van der Waals surface area (Å²) < 4.78 is 13.2. The first-order valence-electron chi connectivity index (χ1n) is 6.90. The first-order valence-corrected chi connectivity index (χ1v) is 7.89. The maximum atomic E-state index is 6.06. The van der Waals surface area contributed by atoms with Crippen LogP contribution in [0.15, 0.2) is 41.8 Å². The molecule has 6 nitrogen and oxygen atoms in total. The van der Waals surface area contributed by atoms with Crippen LogP contribution in [-0.2, 0) is 11.3 Å². The van der Waals surface area contributed by atoms with Crippen LogP contribution in [0.25, 0.3) is 11.2 Å². The van der Waals surface area contributed by atoms with Crippen LogP contribution in [0.1, 0.15) is 11.8 Å². The van der Waals surface area contributed by atoms with Crippen LogP contribution in [-0.4, -0.2) is 32.4 Å². The van der Waals surface area contributed by atoms with E-state index in [9.17, 15) is 0 Å². The summed E-state index contributed by atoms with van der Waals surface area (Å²) >= 11 is 1.79. The fraction of sp³-hybridized carbons (Fsp3) is 0.267. The van der Waals surface area contributed by atoms with E-state index in [-0.39, 0.29) is 6.23 Å². The molecule has 0 bridgehead atoms. The summed E-state index contributed by atoms with van der Waals surface area (Å²) in [5.41, 5.74) is 2.59. The fourth-order valence-corrected chi connectivity index (χ4v) is 3.58. The highest BCUT2D eigenvalue weighted by Crippen LogP contribution is 2.33. The van der Waals surface area contributed by atoms with Crippen LogP contribution < -0.4 is 4.74 Å². The molecular weight excluding hydrogens is 300 g/mol. The predicted octanol–water partition coefficient (Wildman–Crippen LogP) is 2.66. The normalized spacial score (nSPS) is 18.0. The molecule has 0 aliphatic carbocycles. The van der Waals surface area contributed by atoms with Crippen molar-refractivity contribution < 1.29 is 9.47 Å². The topological polar surface area (TPSA) is 62.1 Å². The van der Waals surface area contributed by atoms with Crippen LogP contribution in [0.3, 0.4) is 0 Å². The molecule has 1 atom stereocenters. The average molecular weight is 314 g/mol. The van der Waals surface area contributed by atoms with Crippen LogP contribution >= 0.6 is 11.8 Å². The molecule has 1 unspecified atom stereocenters. The van der Waals surface area contributed by atoms with E-state index in [0.717, 1.165) is 11.4 Å². The molecule has 0 spiro atoms. The van der Waals surface area contributed by atoms with Gasteiger partial charge in [-0.1, -0.05) is 18.2 Å². The molecule has 1 aliphatic rings. The van der Waals surface area contributed by atoms with Crippen molar-refractivity contribution in [3.8, 4) is 5.88 Å². The van der Waals surface area contributed by atoms with Crippen molar-refractivity contribution in [3.63, 3.8) is 0 Å². The van der Waals surface area contributed by atoms with Gasteiger partial charge in [-0.3, -0.25) is 4.57 Å². The van der Waals surface area contributed by atoms with Gasteiger partial charge in [-0.15, -0.1) is 11.8 Å². The minimum Gasteiger partial charge on any atom is -0.479 e. The Morgan fingerprint density at radius 1 is 1.27 bits per heavy atom. The number of benzene rings is 1. The standard InChI is InChI=1S/C15H14N4O2S/c1-20-15-13-14(16-8-17-15)19(9-18-13)12-7-22-11-5-3-2-4-10(11)6-21-12/h2-5,8-9,12H,6-7H2,1H3. The van der Waals surface area contributed by atoms with Gasteiger partial charge in [0.15, 0.2) is 11.2 Å². The van der Waals surface area contributed by atoms with Gasteiger partial charge in [-0.25, -0.2) is 9.97 Å². The zero-order valence-corrected chi connectivity index (χ0v) is 12.8. The second-order valence-electron chi connectivity index (χ2n) is 4.89. The molecule has 0 amide bonds.